The Labute approximate surface area is 135 Å². The van der Waals surface area contributed by atoms with Gasteiger partial charge in [-0.05, 0) is 49.9 Å². The van der Waals surface area contributed by atoms with Gasteiger partial charge in [-0.25, -0.2) is 0 Å². The van der Waals surface area contributed by atoms with Crippen LogP contribution >= 0.6 is 0 Å². The molecule has 2 N–H and O–H groups in total. The van der Waals surface area contributed by atoms with Gasteiger partial charge in [0.2, 0.25) is 5.91 Å². The zero-order chi connectivity index (χ0) is 16.1. The molecule has 2 aliphatic rings. The fraction of sp³-hybridized carbons (Fsp3) is 0.529. The van der Waals surface area contributed by atoms with E-state index in [1.54, 1.807) is 24.3 Å². The molecule has 124 valence electrons. The minimum absolute atomic E-state index is 0.110. The van der Waals surface area contributed by atoms with Crippen LogP contribution in [0.15, 0.2) is 24.3 Å². The van der Waals surface area contributed by atoms with Gasteiger partial charge in [-0.2, -0.15) is 0 Å². The van der Waals surface area contributed by atoms with Crippen molar-refractivity contribution in [2.45, 2.75) is 37.8 Å². The first-order valence-electron chi connectivity index (χ1n) is 8.15. The Bertz CT molecular complexity index is 552. The third kappa shape index (κ3) is 4.22. The molecule has 0 aliphatic carbocycles. The van der Waals surface area contributed by atoms with Gasteiger partial charge in [0, 0.05) is 18.7 Å². The van der Waals surface area contributed by atoms with Crippen LogP contribution in [-0.4, -0.2) is 43.7 Å². The minimum Gasteiger partial charge on any atom is -0.491 e. The van der Waals surface area contributed by atoms with Gasteiger partial charge >= 0.3 is 0 Å². The van der Waals surface area contributed by atoms with Crippen molar-refractivity contribution in [1.29, 1.82) is 0 Å². The molecule has 3 rings (SSSR count). The maximum Gasteiger partial charge on any atom is 0.251 e. The number of rotatable bonds is 5. The Hall–Kier alpha value is -2.08. The second-order valence-corrected chi connectivity index (χ2v) is 5.93. The van der Waals surface area contributed by atoms with Gasteiger partial charge < -0.3 is 20.1 Å². The van der Waals surface area contributed by atoms with Gasteiger partial charge in [-0.3, -0.25) is 9.59 Å². The molecule has 2 fully saturated rings. The predicted octanol–water partition coefficient (Wildman–Crippen LogP) is 1.25. The van der Waals surface area contributed by atoms with Crippen LogP contribution < -0.4 is 15.4 Å². The maximum atomic E-state index is 12.2. The van der Waals surface area contributed by atoms with E-state index in [0.717, 1.165) is 25.9 Å². The quantitative estimate of drug-likeness (QED) is 0.857. The molecule has 0 saturated carbocycles. The van der Waals surface area contributed by atoms with Gasteiger partial charge in [0.05, 0.1) is 6.10 Å². The molecule has 2 saturated heterocycles. The molecule has 2 heterocycles. The number of carbonyl (C=O) groups is 2. The van der Waals surface area contributed by atoms with E-state index < -0.39 is 6.04 Å². The van der Waals surface area contributed by atoms with Crippen LogP contribution in [0.1, 0.15) is 36.0 Å². The molecule has 1 aromatic carbocycles. The SMILES string of the molecule is O=C(NC1CCCNC1=O)c1ccc(OCC2CCCO2)cc1. The lowest BCUT2D eigenvalue weighted by Crippen LogP contribution is -2.50. The molecule has 1 aromatic rings. The number of hydrogen-bond donors (Lipinski definition) is 2. The highest BCUT2D eigenvalue weighted by molar-refractivity contribution is 5.97. The minimum atomic E-state index is -0.438. The summed E-state index contributed by atoms with van der Waals surface area (Å²) in [6, 6.07) is 6.52. The van der Waals surface area contributed by atoms with Crippen LogP contribution in [0, 0.1) is 0 Å². The van der Waals surface area contributed by atoms with Gasteiger partial charge in [0.1, 0.15) is 18.4 Å². The number of benzene rings is 1. The Balaban J connectivity index is 1.51. The molecule has 2 unspecified atom stereocenters. The molecular formula is C17H22N2O4. The Morgan fingerprint density at radius 3 is 2.78 bits per heavy atom. The summed E-state index contributed by atoms with van der Waals surface area (Å²) < 4.78 is 11.2. The third-order valence-electron chi connectivity index (χ3n) is 4.17. The fourth-order valence-corrected chi connectivity index (χ4v) is 2.82. The van der Waals surface area contributed by atoms with Crippen LogP contribution in [0.3, 0.4) is 0 Å². The van der Waals surface area contributed by atoms with Gasteiger partial charge in [0.15, 0.2) is 0 Å². The maximum absolute atomic E-state index is 12.2. The highest BCUT2D eigenvalue weighted by atomic mass is 16.5. The van der Waals surface area contributed by atoms with Crippen LogP contribution in [0.5, 0.6) is 5.75 Å². The second kappa shape index (κ2) is 7.46. The lowest BCUT2D eigenvalue weighted by Gasteiger charge is -2.22. The number of amides is 2. The first-order valence-corrected chi connectivity index (χ1v) is 8.15. The monoisotopic (exact) mass is 318 g/mol. The lowest BCUT2D eigenvalue weighted by molar-refractivity contribution is -0.124. The molecule has 0 radical (unpaired) electrons. The molecule has 6 nitrogen and oxygen atoms in total. The summed E-state index contributed by atoms with van der Waals surface area (Å²) >= 11 is 0. The van der Waals surface area contributed by atoms with Crippen LogP contribution in [-0.2, 0) is 9.53 Å². The number of nitrogens with one attached hydrogen (secondary N) is 2. The van der Waals surface area contributed by atoms with E-state index in [0.29, 0.717) is 30.9 Å². The number of carbonyl (C=O) groups excluding carboxylic acids is 2. The largest absolute Gasteiger partial charge is 0.491 e. The van der Waals surface area contributed by atoms with Crippen molar-refractivity contribution in [2.24, 2.45) is 0 Å². The summed E-state index contributed by atoms with van der Waals surface area (Å²) in [4.78, 5) is 23.9. The van der Waals surface area contributed by atoms with Crippen molar-refractivity contribution >= 4 is 11.8 Å². The van der Waals surface area contributed by atoms with Crippen molar-refractivity contribution < 1.29 is 19.1 Å². The molecule has 23 heavy (non-hydrogen) atoms. The first-order chi connectivity index (χ1) is 11.2. The van der Waals surface area contributed by atoms with Crippen LogP contribution in [0.4, 0.5) is 0 Å². The number of ether oxygens (including phenoxy) is 2. The molecule has 2 atom stereocenters. The zero-order valence-corrected chi connectivity index (χ0v) is 13.0. The predicted molar refractivity (Wildman–Crippen MR) is 84.4 cm³/mol. The summed E-state index contributed by atoms with van der Waals surface area (Å²) in [5.41, 5.74) is 0.521. The van der Waals surface area contributed by atoms with Crippen molar-refractivity contribution in [3.05, 3.63) is 29.8 Å². The Morgan fingerprint density at radius 1 is 1.26 bits per heavy atom. The third-order valence-corrected chi connectivity index (χ3v) is 4.17. The summed E-state index contributed by atoms with van der Waals surface area (Å²) in [6.07, 6.45) is 3.85. The van der Waals surface area contributed by atoms with E-state index >= 15 is 0 Å². The Kier molecular flexibility index (Phi) is 5.12. The summed E-state index contributed by atoms with van der Waals surface area (Å²) in [5, 5.41) is 5.53. The molecular weight excluding hydrogens is 296 g/mol. The summed E-state index contributed by atoms with van der Waals surface area (Å²) in [7, 11) is 0. The number of hydrogen-bond acceptors (Lipinski definition) is 4. The summed E-state index contributed by atoms with van der Waals surface area (Å²) in [5.74, 6) is 0.367. The summed E-state index contributed by atoms with van der Waals surface area (Å²) in [6.45, 7) is 2.03. The fourth-order valence-electron chi connectivity index (χ4n) is 2.82. The van der Waals surface area contributed by atoms with Crippen molar-refractivity contribution in [3.63, 3.8) is 0 Å². The normalized spacial score (nSPS) is 24.1. The topological polar surface area (TPSA) is 76.7 Å². The van der Waals surface area contributed by atoms with E-state index in [9.17, 15) is 9.59 Å². The van der Waals surface area contributed by atoms with Gasteiger partial charge in [0.25, 0.3) is 5.91 Å². The average molecular weight is 318 g/mol. The number of piperidine rings is 1. The highest BCUT2D eigenvalue weighted by Gasteiger charge is 2.24. The molecule has 6 heteroatoms. The van der Waals surface area contributed by atoms with Crippen LogP contribution in [0.25, 0.3) is 0 Å². The van der Waals surface area contributed by atoms with E-state index in [4.69, 9.17) is 9.47 Å². The zero-order valence-electron chi connectivity index (χ0n) is 13.0. The van der Waals surface area contributed by atoms with E-state index in [2.05, 4.69) is 10.6 Å². The first kappa shape index (κ1) is 15.8. The molecule has 2 amide bonds. The highest BCUT2D eigenvalue weighted by Crippen LogP contribution is 2.17. The molecule has 2 aliphatic heterocycles. The van der Waals surface area contributed by atoms with E-state index in [-0.39, 0.29) is 17.9 Å². The van der Waals surface area contributed by atoms with Gasteiger partial charge in [-0.15, -0.1) is 0 Å². The van der Waals surface area contributed by atoms with Gasteiger partial charge in [-0.1, -0.05) is 0 Å². The molecule has 0 bridgehead atoms. The van der Waals surface area contributed by atoms with E-state index in [1.165, 1.54) is 0 Å². The lowest BCUT2D eigenvalue weighted by atomic mass is 10.1. The van der Waals surface area contributed by atoms with E-state index in [1.807, 2.05) is 0 Å². The standard InChI is InChI=1S/C17H22N2O4/c20-16(19-15-4-1-9-18-17(15)21)12-5-7-13(8-6-12)23-11-14-3-2-10-22-14/h5-8,14-15H,1-4,9-11H2,(H,18,21)(H,19,20). The molecule has 0 spiro atoms. The smallest absolute Gasteiger partial charge is 0.251 e. The van der Waals surface area contributed by atoms with Crippen molar-refractivity contribution in [1.82, 2.24) is 10.6 Å². The Morgan fingerprint density at radius 2 is 2.09 bits per heavy atom. The van der Waals surface area contributed by atoms with Crippen molar-refractivity contribution in [2.75, 3.05) is 19.8 Å². The molecule has 0 aromatic heterocycles. The second-order valence-electron chi connectivity index (χ2n) is 5.93. The van der Waals surface area contributed by atoms with Crippen LogP contribution in [0.2, 0.25) is 0 Å². The average Bonchev–Trinajstić information content (AvgIpc) is 3.09. The van der Waals surface area contributed by atoms with Crippen molar-refractivity contribution in [3.8, 4) is 5.75 Å².